The standard InChI is InChI=1S/C16H23N3O/c1-15(2,3)19-9-6-16(12-17,7-10-19)14-11-13(20-4)5-8-18-14/h5,8,11H,6-7,9-10H2,1-4H3. The van der Waals surface area contributed by atoms with Crippen molar-refractivity contribution in [2.45, 2.75) is 44.6 Å². The molecule has 4 nitrogen and oxygen atoms in total. The fourth-order valence-corrected chi connectivity index (χ4v) is 2.78. The predicted octanol–water partition coefficient (Wildman–Crippen LogP) is 2.75. The number of aromatic nitrogens is 1. The highest BCUT2D eigenvalue weighted by Gasteiger charge is 2.40. The maximum absolute atomic E-state index is 9.70. The summed E-state index contributed by atoms with van der Waals surface area (Å²) in [7, 11) is 1.64. The lowest BCUT2D eigenvalue weighted by atomic mass is 9.76. The van der Waals surface area contributed by atoms with E-state index in [-0.39, 0.29) is 5.54 Å². The molecule has 20 heavy (non-hydrogen) atoms. The average Bonchev–Trinajstić information content (AvgIpc) is 2.46. The van der Waals surface area contributed by atoms with Crippen molar-refractivity contribution >= 4 is 0 Å². The van der Waals surface area contributed by atoms with Gasteiger partial charge in [-0.3, -0.25) is 9.88 Å². The molecule has 2 heterocycles. The zero-order valence-corrected chi connectivity index (χ0v) is 12.8. The Labute approximate surface area is 121 Å². The Kier molecular flexibility index (Phi) is 4.01. The lowest BCUT2D eigenvalue weighted by molar-refractivity contribution is 0.0874. The van der Waals surface area contributed by atoms with Crippen LogP contribution < -0.4 is 4.74 Å². The topological polar surface area (TPSA) is 49.1 Å². The minimum atomic E-state index is -0.476. The van der Waals surface area contributed by atoms with Crippen LogP contribution in [0.2, 0.25) is 0 Å². The highest BCUT2D eigenvalue weighted by atomic mass is 16.5. The van der Waals surface area contributed by atoms with Crippen LogP contribution in [0.3, 0.4) is 0 Å². The molecular weight excluding hydrogens is 250 g/mol. The number of nitrogens with zero attached hydrogens (tertiary/aromatic N) is 3. The Morgan fingerprint density at radius 1 is 1.35 bits per heavy atom. The van der Waals surface area contributed by atoms with Gasteiger partial charge in [0, 0.05) is 30.9 Å². The van der Waals surface area contributed by atoms with Crippen molar-refractivity contribution in [2.24, 2.45) is 0 Å². The molecule has 2 rings (SSSR count). The SMILES string of the molecule is COc1ccnc(C2(C#N)CCN(C(C)(C)C)CC2)c1. The smallest absolute Gasteiger partial charge is 0.122 e. The number of likely N-dealkylation sites (tertiary alicyclic amines) is 1. The summed E-state index contributed by atoms with van der Waals surface area (Å²) in [5, 5.41) is 9.70. The molecule has 4 heteroatoms. The molecule has 0 spiro atoms. The summed E-state index contributed by atoms with van der Waals surface area (Å²) in [6, 6.07) is 6.23. The Hall–Kier alpha value is -1.60. The van der Waals surface area contributed by atoms with Crippen LogP contribution in [0.25, 0.3) is 0 Å². The van der Waals surface area contributed by atoms with Gasteiger partial charge >= 0.3 is 0 Å². The zero-order valence-electron chi connectivity index (χ0n) is 12.8. The monoisotopic (exact) mass is 273 g/mol. The Balaban J connectivity index is 2.23. The van der Waals surface area contributed by atoms with Crippen LogP contribution in [0.1, 0.15) is 39.3 Å². The molecule has 0 N–H and O–H groups in total. The summed E-state index contributed by atoms with van der Waals surface area (Å²) in [6.45, 7) is 8.51. The lowest BCUT2D eigenvalue weighted by Crippen LogP contribution is -2.50. The van der Waals surface area contributed by atoms with E-state index in [9.17, 15) is 5.26 Å². The summed E-state index contributed by atoms with van der Waals surface area (Å²) in [4.78, 5) is 6.85. The van der Waals surface area contributed by atoms with Gasteiger partial charge in [0.25, 0.3) is 0 Å². The Morgan fingerprint density at radius 2 is 2.00 bits per heavy atom. The van der Waals surface area contributed by atoms with E-state index in [1.807, 2.05) is 12.1 Å². The third-order valence-electron chi connectivity index (χ3n) is 4.24. The molecule has 0 atom stereocenters. The first-order valence-corrected chi connectivity index (χ1v) is 7.08. The minimum absolute atomic E-state index is 0.156. The number of nitriles is 1. The van der Waals surface area contributed by atoms with E-state index in [0.717, 1.165) is 37.4 Å². The van der Waals surface area contributed by atoms with Crippen LogP contribution >= 0.6 is 0 Å². The van der Waals surface area contributed by atoms with Gasteiger partial charge in [-0.15, -0.1) is 0 Å². The van der Waals surface area contributed by atoms with Gasteiger partial charge < -0.3 is 4.74 Å². The number of hydrogen-bond donors (Lipinski definition) is 0. The molecule has 1 aliphatic heterocycles. The molecule has 0 radical (unpaired) electrons. The number of rotatable bonds is 2. The van der Waals surface area contributed by atoms with Gasteiger partial charge in [0.1, 0.15) is 11.2 Å². The van der Waals surface area contributed by atoms with E-state index in [1.165, 1.54) is 0 Å². The molecule has 1 fully saturated rings. The fourth-order valence-electron chi connectivity index (χ4n) is 2.78. The highest BCUT2D eigenvalue weighted by Crippen LogP contribution is 2.36. The molecular formula is C16H23N3O. The molecule has 1 aromatic heterocycles. The van der Waals surface area contributed by atoms with Crippen molar-refractivity contribution in [3.63, 3.8) is 0 Å². The van der Waals surface area contributed by atoms with Crippen molar-refractivity contribution < 1.29 is 4.74 Å². The van der Waals surface area contributed by atoms with Crippen LogP contribution in [0.5, 0.6) is 5.75 Å². The second-order valence-electron chi connectivity index (χ2n) is 6.43. The van der Waals surface area contributed by atoms with Gasteiger partial charge in [0.15, 0.2) is 0 Å². The van der Waals surface area contributed by atoms with Gasteiger partial charge in [-0.2, -0.15) is 5.26 Å². The molecule has 1 aromatic rings. The van der Waals surface area contributed by atoms with Crippen molar-refractivity contribution in [3.05, 3.63) is 24.0 Å². The molecule has 1 aliphatic rings. The maximum Gasteiger partial charge on any atom is 0.122 e. The van der Waals surface area contributed by atoms with Crippen molar-refractivity contribution in [3.8, 4) is 11.8 Å². The highest BCUT2D eigenvalue weighted by molar-refractivity contribution is 5.33. The predicted molar refractivity (Wildman–Crippen MR) is 78.6 cm³/mol. The first kappa shape index (κ1) is 14.8. The fraction of sp³-hybridized carbons (Fsp3) is 0.625. The number of methoxy groups -OCH3 is 1. The van der Waals surface area contributed by atoms with Crippen molar-refractivity contribution in [1.29, 1.82) is 5.26 Å². The Morgan fingerprint density at radius 3 is 2.50 bits per heavy atom. The van der Waals surface area contributed by atoms with Gasteiger partial charge in [-0.1, -0.05) is 0 Å². The van der Waals surface area contributed by atoms with E-state index in [4.69, 9.17) is 4.74 Å². The van der Waals surface area contributed by atoms with Crippen LogP contribution in [0.4, 0.5) is 0 Å². The normalized spacial score (nSPS) is 19.4. The largest absolute Gasteiger partial charge is 0.497 e. The second-order valence-corrected chi connectivity index (χ2v) is 6.43. The van der Waals surface area contributed by atoms with Crippen LogP contribution in [-0.2, 0) is 5.41 Å². The molecule has 108 valence electrons. The molecule has 0 bridgehead atoms. The van der Waals surface area contributed by atoms with Crippen LogP contribution in [0.15, 0.2) is 18.3 Å². The first-order valence-electron chi connectivity index (χ1n) is 7.08. The minimum Gasteiger partial charge on any atom is -0.497 e. The van der Waals surface area contributed by atoms with Gasteiger partial charge in [0.2, 0.25) is 0 Å². The molecule has 0 aliphatic carbocycles. The third kappa shape index (κ3) is 2.78. The van der Waals surface area contributed by atoms with Crippen molar-refractivity contribution in [2.75, 3.05) is 20.2 Å². The van der Waals surface area contributed by atoms with E-state index in [2.05, 4.69) is 36.7 Å². The summed E-state index contributed by atoms with van der Waals surface area (Å²) in [5.41, 5.74) is 0.521. The lowest BCUT2D eigenvalue weighted by Gasteiger charge is -2.43. The van der Waals surface area contributed by atoms with E-state index >= 15 is 0 Å². The van der Waals surface area contributed by atoms with E-state index < -0.39 is 5.41 Å². The van der Waals surface area contributed by atoms with Crippen LogP contribution in [-0.4, -0.2) is 35.6 Å². The van der Waals surface area contributed by atoms with Crippen molar-refractivity contribution in [1.82, 2.24) is 9.88 Å². The average molecular weight is 273 g/mol. The number of pyridine rings is 1. The summed E-state index contributed by atoms with van der Waals surface area (Å²) in [6.07, 6.45) is 3.37. The van der Waals surface area contributed by atoms with Gasteiger partial charge in [-0.25, -0.2) is 0 Å². The maximum atomic E-state index is 9.70. The molecule has 0 aromatic carbocycles. The second kappa shape index (κ2) is 5.41. The number of ether oxygens (including phenoxy) is 1. The van der Waals surface area contributed by atoms with Gasteiger partial charge in [0.05, 0.1) is 18.9 Å². The quantitative estimate of drug-likeness (QED) is 0.831. The molecule has 0 amide bonds. The van der Waals surface area contributed by atoms with Crippen LogP contribution in [0, 0.1) is 11.3 Å². The summed E-state index contributed by atoms with van der Waals surface area (Å²) < 4.78 is 5.25. The summed E-state index contributed by atoms with van der Waals surface area (Å²) in [5.74, 6) is 0.767. The molecule has 0 saturated carbocycles. The number of hydrogen-bond acceptors (Lipinski definition) is 4. The third-order valence-corrected chi connectivity index (χ3v) is 4.24. The van der Waals surface area contributed by atoms with E-state index in [0.29, 0.717) is 0 Å². The molecule has 0 unspecified atom stereocenters. The first-order chi connectivity index (χ1) is 9.41. The Bertz CT molecular complexity index is 505. The van der Waals surface area contributed by atoms with E-state index in [1.54, 1.807) is 13.3 Å². The number of piperidine rings is 1. The molecule has 1 saturated heterocycles. The van der Waals surface area contributed by atoms with Gasteiger partial charge in [-0.05, 0) is 39.7 Å². The zero-order chi connectivity index (χ0) is 14.8. The summed E-state index contributed by atoms with van der Waals surface area (Å²) >= 11 is 0.